The maximum Gasteiger partial charge on any atom is 0.416 e. The van der Waals surface area contributed by atoms with E-state index >= 15 is 0 Å². The number of hydrogen-bond acceptors (Lipinski definition) is 5. The van der Waals surface area contributed by atoms with Crippen molar-refractivity contribution in [2.45, 2.75) is 18.0 Å². The minimum atomic E-state index is -4.47. The molecule has 1 rings (SSSR count). The summed E-state index contributed by atoms with van der Waals surface area (Å²) in [5.41, 5.74) is 4.56. The van der Waals surface area contributed by atoms with Crippen molar-refractivity contribution in [3.63, 3.8) is 0 Å². The van der Waals surface area contributed by atoms with Gasteiger partial charge in [0.1, 0.15) is 0 Å². The van der Waals surface area contributed by atoms with Crippen LogP contribution in [0.1, 0.15) is 12.5 Å². The molecule has 0 atom stereocenters. The van der Waals surface area contributed by atoms with Gasteiger partial charge in [0.15, 0.2) is 0 Å². The van der Waals surface area contributed by atoms with Gasteiger partial charge < -0.3 is 10.5 Å². The number of nitrogens with one attached hydrogen (secondary N) is 1. The standard InChI is InChI=1S/C12H13F3N2O3S/c1-2-20-11(19)17-10(18)6-21-9-4-3-7(5-8(9)16)12(13,14)15/h3-5H,2,6,16H2,1H3,(H,17,18,19). The number of alkyl halides is 3. The van der Waals surface area contributed by atoms with E-state index in [-0.39, 0.29) is 18.0 Å². The van der Waals surface area contributed by atoms with Gasteiger partial charge in [0.05, 0.1) is 17.9 Å². The van der Waals surface area contributed by atoms with Crippen LogP contribution in [0.25, 0.3) is 0 Å². The zero-order valence-corrected chi connectivity index (χ0v) is 11.8. The fraction of sp³-hybridized carbons (Fsp3) is 0.333. The summed E-state index contributed by atoms with van der Waals surface area (Å²) >= 11 is 0.922. The van der Waals surface area contributed by atoms with E-state index in [1.54, 1.807) is 6.92 Å². The predicted molar refractivity (Wildman–Crippen MR) is 71.7 cm³/mol. The Kier molecular flexibility index (Phi) is 5.89. The summed E-state index contributed by atoms with van der Waals surface area (Å²) in [6.45, 7) is 1.71. The molecule has 116 valence electrons. The van der Waals surface area contributed by atoms with Crippen molar-refractivity contribution in [3.8, 4) is 0 Å². The number of thioether (sulfide) groups is 1. The molecule has 0 aliphatic heterocycles. The Bertz CT molecular complexity index is 535. The number of alkyl carbamates (subject to hydrolysis) is 1. The first-order valence-electron chi connectivity index (χ1n) is 5.80. The highest BCUT2D eigenvalue weighted by molar-refractivity contribution is 8.00. The van der Waals surface area contributed by atoms with Gasteiger partial charge in [-0.3, -0.25) is 10.1 Å². The van der Waals surface area contributed by atoms with Crippen molar-refractivity contribution in [1.29, 1.82) is 0 Å². The van der Waals surface area contributed by atoms with Gasteiger partial charge >= 0.3 is 12.3 Å². The van der Waals surface area contributed by atoms with Crippen LogP contribution in [-0.4, -0.2) is 24.4 Å². The number of benzene rings is 1. The molecule has 0 heterocycles. The first kappa shape index (κ1) is 17.2. The van der Waals surface area contributed by atoms with E-state index in [0.29, 0.717) is 4.90 Å². The number of hydrogen-bond donors (Lipinski definition) is 2. The molecule has 0 radical (unpaired) electrons. The second kappa shape index (κ2) is 7.21. The molecular formula is C12H13F3N2O3S. The highest BCUT2D eigenvalue weighted by Gasteiger charge is 2.30. The van der Waals surface area contributed by atoms with Gasteiger partial charge in [0, 0.05) is 10.6 Å². The molecule has 0 aromatic heterocycles. The Morgan fingerprint density at radius 2 is 2.05 bits per heavy atom. The Labute approximate surface area is 123 Å². The summed E-state index contributed by atoms with van der Waals surface area (Å²) in [6.07, 6.45) is -5.35. The summed E-state index contributed by atoms with van der Waals surface area (Å²) in [5, 5.41) is 1.96. The van der Waals surface area contributed by atoms with Gasteiger partial charge in [0.2, 0.25) is 5.91 Å². The Morgan fingerprint density at radius 1 is 1.38 bits per heavy atom. The van der Waals surface area contributed by atoms with Gasteiger partial charge in [-0.2, -0.15) is 13.2 Å². The van der Waals surface area contributed by atoms with E-state index in [1.165, 1.54) is 6.07 Å². The maximum absolute atomic E-state index is 12.5. The quantitative estimate of drug-likeness (QED) is 0.658. The number of amides is 2. The SMILES string of the molecule is CCOC(=O)NC(=O)CSc1ccc(C(F)(F)F)cc1N. The van der Waals surface area contributed by atoms with Crippen LogP contribution in [0.5, 0.6) is 0 Å². The second-order valence-corrected chi connectivity index (χ2v) is 4.82. The molecule has 0 aliphatic rings. The Hall–Kier alpha value is -1.90. The minimum Gasteiger partial charge on any atom is -0.450 e. The normalized spacial score (nSPS) is 11.0. The predicted octanol–water partition coefficient (Wildman–Crippen LogP) is 2.65. The third-order valence-electron chi connectivity index (χ3n) is 2.21. The maximum atomic E-state index is 12.5. The number of carbonyl (C=O) groups excluding carboxylic acids is 2. The fourth-order valence-electron chi connectivity index (χ4n) is 1.32. The Balaban J connectivity index is 2.60. The average molecular weight is 322 g/mol. The lowest BCUT2D eigenvalue weighted by atomic mass is 10.2. The number of ether oxygens (including phenoxy) is 1. The number of anilines is 1. The molecule has 0 fully saturated rings. The van der Waals surface area contributed by atoms with Crippen molar-refractivity contribution in [2.24, 2.45) is 0 Å². The number of nitrogens with two attached hydrogens (primary N) is 1. The summed E-state index contributed by atoms with van der Waals surface area (Å²) in [7, 11) is 0. The molecule has 0 saturated carbocycles. The van der Waals surface area contributed by atoms with Crippen LogP contribution >= 0.6 is 11.8 Å². The largest absolute Gasteiger partial charge is 0.450 e. The number of rotatable bonds is 4. The molecule has 3 N–H and O–H groups in total. The molecule has 2 amide bonds. The number of imide groups is 1. The zero-order chi connectivity index (χ0) is 16.0. The van der Waals surface area contributed by atoms with E-state index in [2.05, 4.69) is 4.74 Å². The van der Waals surface area contributed by atoms with Crippen LogP contribution in [0.3, 0.4) is 0 Å². The summed E-state index contributed by atoms with van der Waals surface area (Å²) in [4.78, 5) is 22.7. The van der Waals surface area contributed by atoms with Crippen LogP contribution in [-0.2, 0) is 15.7 Å². The molecule has 5 nitrogen and oxygen atoms in total. The van der Waals surface area contributed by atoms with Crippen LogP contribution in [0.4, 0.5) is 23.7 Å². The highest BCUT2D eigenvalue weighted by atomic mass is 32.2. The molecule has 0 bridgehead atoms. The van der Waals surface area contributed by atoms with E-state index in [9.17, 15) is 22.8 Å². The van der Waals surface area contributed by atoms with Crippen molar-refractivity contribution < 1.29 is 27.5 Å². The van der Waals surface area contributed by atoms with Gasteiger partial charge in [-0.05, 0) is 25.1 Å². The van der Waals surface area contributed by atoms with Crippen molar-refractivity contribution in [2.75, 3.05) is 18.1 Å². The van der Waals surface area contributed by atoms with Crippen molar-refractivity contribution in [3.05, 3.63) is 23.8 Å². The third-order valence-corrected chi connectivity index (χ3v) is 3.30. The average Bonchev–Trinajstić information content (AvgIpc) is 2.36. The first-order valence-corrected chi connectivity index (χ1v) is 6.78. The fourth-order valence-corrected chi connectivity index (χ4v) is 2.07. The van der Waals surface area contributed by atoms with E-state index in [0.717, 1.165) is 23.9 Å². The van der Waals surface area contributed by atoms with Gasteiger partial charge in [0.25, 0.3) is 0 Å². The molecule has 1 aromatic rings. The lowest BCUT2D eigenvalue weighted by Gasteiger charge is -2.10. The molecule has 21 heavy (non-hydrogen) atoms. The second-order valence-electron chi connectivity index (χ2n) is 3.81. The van der Waals surface area contributed by atoms with Crippen LogP contribution in [0.15, 0.2) is 23.1 Å². The molecule has 0 spiro atoms. The lowest BCUT2D eigenvalue weighted by molar-refractivity contribution is -0.137. The van der Waals surface area contributed by atoms with E-state index in [1.807, 2.05) is 5.32 Å². The van der Waals surface area contributed by atoms with Gasteiger partial charge in [-0.15, -0.1) is 11.8 Å². The van der Waals surface area contributed by atoms with E-state index in [4.69, 9.17) is 5.73 Å². The lowest BCUT2D eigenvalue weighted by Crippen LogP contribution is -2.32. The minimum absolute atomic E-state index is 0.0845. The first-order chi connectivity index (χ1) is 9.74. The number of halogens is 3. The highest BCUT2D eigenvalue weighted by Crippen LogP contribution is 2.34. The molecule has 9 heteroatoms. The number of carbonyl (C=O) groups is 2. The molecule has 0 aliphatic carbocycles. The summed E-state index contributed by atoms with van der Waals surface area (Å²) in [6, 6.07) is 2.86. The van der Waals surface area contributed by atoms with Crippen LogP contribution in [0.2, 0.25) is 0 Å². The van der Waals surface area contributed by atoms with E-state index < -0.39 is 23.7 Å². The number of nitrogen functional groups attached to an aromatic ring is 1. The smallest absolute Gasteiger partial charge is 0.416 e. The third kappa shape index (κ3) is 5.54. The van der Waals surface area contributed by atoms with Gasteiger partial charge in [-0.1, -0.05) is 0 Å². The van der Waals surface area contributed by atoms with Crippen molar-refractivity contribution >= 4 is 29.4 Å². The van der Waals surface area contributed by atoms with Crippen LogP contribution < -0.4 is 11.1 Å². The molecular weight excluding hydrogens is 309 g/mol. The Morgan fingerprint density at radius 3 is 2.57 bits per heavy atom. The summed E-state index contributed by atoms with van der Waals surface area (Å²) in [5.74, 6) is -0.799. The molecule has 0 saturated heterocycles. The topological polar surface area (TPSA) is 81.4 Å². The molecule has 0 unspecified atom stereocenters. The summed E-state index contributed by atoms with van der Waals surface area (Å²) < 4.78 is 41.9. The van der Waals surface area contributed by atoms with Crippen LogP contribution in [0, 0.1) is 0 Å². The van der Waals surface area contributed by atoms with Gasteiger partial charge in [-0.25, -0.2) is 4.79 Å². The zero-order valence-electron chi connectivity index (χ0n) is 11.0. The molecule has 1 aromatic carbocycles. The van der Waals surface area contributed by atoms with Crippen molar-refractivity contribution in [1.82, 2.24) is 5.32 Å². The monoisotopic (exact) mass is 322 g/mol.